The number of aromatic nitrogens is 2. The first-order valence-corrected chi connectivity index (χ1v) is 16.5. The van der Waals surface area contributed by atoms with Gasteiger partial charge in [-0.2, -0.15) is 0 Å². The van der Waals surface area contributed by atoms with Gasteiger partial charge in [-0.1, -0.05) is 121 Å². The maximum absolute atomic E-state index is 2.41. The van der Waals surface area contributed by atoms with E-state index in [0.717, 1.165) is 0 Å². The lowest BCUT2D eigenvalue weighted by molar-refractivity contribution is 1.18. The van der Waals surface area contributed by atoms with Crippen molar-refractivity contribution in [1.82, 2.24) is 9.13 Å². The van der Waals surface area contributed by atoms with Crippen molar-refractivity contribution in [1.29, 1.82) is 0 Å². The molecule has 48 heavy (non-hydrogen) atoms. The molecule has 0 unspecified atom stereocenters. The molecule has 0 radical (unpaired) electrons. The van der Waals surface area contributed by atoms with Crippen molar-refractivity contribution in [2.24, 2.45) is 0 Å². The SMILES string of the molecule is c1ccc(-n2c3ccccc3c3cc(-c4ccccc4-c4ccc5c(c4)c4ccccc4n5-c4ccc5ccccc5c4)ccc32)cc1. The van der Waals surface area contributed by atoms with Gasteiger partial charge in [0.2, 0.25) is 0 Å². The minimum absolute atomic E-state index is 1.17. The Balaban J connectivity index is 1.15. The first-order valence-electron chi connectivity index (χ1n) is 16.5. The van der Waals surface area contributed by atoms with E-state index in [1.165, 1.54) is 88.0 Å². The minimum atomic E-state index is 1.17. The maximum Gasteiger partial charge on any atom is 0.0541 e. The summed E-state index contributed by atoms with van der Waals surface area (Å²) in [7, 11) is 0. The third-order valence-corrected chi connectivity index (χ3v) is 9.90. The van der Waals surface area contributed by atoms with Crippen LogP contribution in [0.25, 0.3) is 88.0 Å². The van der Waals surface area contributed by atoms with Crippen LogP contribution in [0, 0.1) is 0 Å². The van der Waals surface area contributed by atoms with Gasteiger partial charge in [0.15, 0.2) is 0 Å². The summed E-state index contributed by atoms with van der Waals surface area (Å²) in [5.41, 5.74) is 12.1. The van der Waals surface area contributed by atoms with Gasteiger partial charge in [0.1, 0.15) is 0 Å². The molecule has 2 nitrogen and oxygen atoms in total. The van der Waals surface area contributed by atoms with Gasteiger partial charge in [0, 0.05) is 32.9 Å². The topological polar surface area (TPSA) is 9.86 Å². The minimum Gasteiger partial charge on any atom is -0.309 e. The highest BCUT2D eigenvalue weighted by Gasteiger charge is 2.17. The van der Waals surface area contributed by atoms with E-state index in [1.54, 1.807) is 0 Å². The molecule has 0 atom stereocenters. The molecular weight excluding hydrogens is 581 g/mol. The Morgan fingerprint density at radius 3 is 1.38 bits per heavy atom. The second-order valence-electron chi connectivity index (χ2n) is 12.6. The van der Waals surface area contributed by atoms with Crippen LogP contribution >= 0.6 is 0 Å². The molecule has 2 aromatic heterocycles. The van der Waals surface area contributed by atoms with Crippen molar-refractivity contribution in [3.05, 3.63) is 182 Å². The predicted molar refractivity (Wildman–Crippen MR) is 203 cm³/mol. The fourth-order valence-electron chi connectivity index (χ4n) is 7.72. The Morgan fingerprint density at radius 2 is 0.750 bits per heavy atom. The number of rotatable bonds is 4. The van der Waals surface area contributed by atoms with Crippen LogP contribution in [0.1, 0.15) is 0 Å². The van der Waals surface area contributed by atoms with E-state index in [1.807, 2.05) is 0 Å². The van der Waals surface area contributed by atoms with Crippen LogP contribution in [0.4, 0.5) is 0 Å². The van der Waals surface area contributed by atoms with E-state index >= 15 is 0 Å². The molecule has 8 aromatic carbocycles. The zero-order valence-electron chi connectivity index (χ0n) is 26.2. The molecule has 10 rings (SSSR count). The van der Waals surface area contributed by atoms with Crippen LogP contribution in [-0.2, 0) is 0 Å². The molecule has 2 heteroatoms. The van der Waals surface area contributed by atoms with Gasteiger partial charge in [0.05, 0.1) is 22.1 Å². The summed E-state index contributed by atoms with van der Waals surface area (Å²) in [6.07, 6.45) is 0. The lowest BCUT2D eigenvalue weighted by Gasteiger charge is -2.13. The molecule has 10 aromatic rings. The largest absolute Gasteiger partial charge is 0.309 e. The standard InChI is InChI=1S/C46H30N2/c1-2-14-35(15-3-1)47-43-20-10-8-18-39(43)41-29-33(23-26-45(41)47)37-16-6-7-17-38(37)34-24-27-46-42(30-34)40-19-9-11-21-44(40)48(46)36-25-22-31-12-4-5-13-32(31)28-36/h1-30H. The van der Waals surface area contributed by atoms with E-state index in [2.05, 4.69) is 191 Å². The second-order valence-corrected chi connectivity index (χ2v) is 12.6. The quantitative estimate of drug-likeness (QED) is 0.188. The molecule has 0 saturated heterocycles. The lowest BCUT2D eigenvalue weighted by atomic mass is 9.93. The van der Waals surface area contributed by atoms with E-state index < -0.39 is 0 Å². The van der Waals surface area contributed by atoms with Crippen molar-refractivity contribution in [3.8, 4) is 33.6 Å². The number of fused-ring (bicyclic) bond motifs is 7. The van der Waals surface area contributed by atoms with Crippen molar-refractivity contribution in [2.45, 2.75) is 0 Å². The van der Waals surface area contributed by atoms with Gasteiger partial charge < -0.3 is 9.13 Å². The van der Waals surface area contributed by atoms with E-state index in [4.69, 9.17) is 0 Å². The molecule has 0 amide bonds. The van der Waals surface area contributed by atoms with Crippen molar-refractivity contribution >= 4 is 54.4 Å². The Labute approximate surface area is 278 Å². The first-order chi connectivity index (χ1) is 23.8. The number of para-hydroxylation sites is 3. The molecule has 0 saturated carbocycles. The molecule has 0 aliphatic heterocycles. The molecule has 224 valence electrons. The highest BCUT2D eigenvalue weighted by Crippen LogP contribution is 2.40. The monoisotopic (exact) mass is 610 g/mol. The van der Waals surface area contributed by atoms with E-state index in [9.17, 15) is 0 Å². The summed E-state index contributed by atoms with van der Waals surface area (Å²) in [6.45, 7) is 0. The summed E-state index contributed by atoms with van der Waals surface area (Å²) in [4.78, 5) is 0. The van der Waals surface area contributed by atoms with Crippen LogP contribution < -0.4 is 0 Å². The van der Waals surface area contributed by atoms with Crippen molar-refractivity contribution in [2.75, 3.05) is 0 Å². The number of hydrogen-bond donors (Lipinski definition) is 0. The summed E-state index contributed by atoms with van der Waals surface area (Å²) >= 11 is 0. The van der Waals surface area contributed by atoms with Crippen LogP contribution in [-0.4, -0.2) is 9.13 Å². The van der Waals surface area contributed by atoms with Crippen LogP contribution in [0.2, 0.25) is 0 Å². The van der Waals surface area contributed by atoms with E-state index in [0.29, 0.717) is 0 Å². The number of benzene rings is 8. The average Bonchev–Trinajstić information content (AvgIpc) is 3.67. The molecule has 0 aliphatic carbocycles. The van der Waals surface area contributed by atoms with Gasteiger partial charge in [-0.3, -0.25) is 0 Å². The Kier molecular flexibility index (Phi) is 5.91. The smallest absolute Gasteiger partial charge is 0.0541 e. The van der Waals surface area contributed by atoms with Gasteiger partial charge in [-0.05, 0) is 93.7 Å². The molecule has 2 heterocycles. The van der Waals surface area contributed by atoms with Gasteiger partial charge in [-0.15, -0.1) is 0 Å². The fraction of sp³-hybridized carbons (Fsp3) is 0. The van der Waals surface area contributed by atoms with Crippen LogP contribution in [0.5, 0.6) is 0 Å². The maximum atomic E-state index is 2.41. The lowest BCUT2D eigenvalue weighted by Crippen LogP contribution is -1.94. The second kappa shape index (κ2) is 10.6. The summed E-state index contributed by atoms with van der Waals surface area (Å²) in [5, 5.41) is 7.54. The van der Waals surface area contributed by atoms with Crippen molar-refractivity contribution in [3.63, 3.8) is 0 Å². The summed E-state index contributed by atoms with van der Waals surface area (Å²) in [6, 6.07) is 66.2. The Bertz CT molecular complexity index is 2830. The molecule has 0 fully saturated rings. The first kappa shape index (κ1) is 26.8. The molecule has 0 N–H and O–H groups in total. The Hall–Kier alpha value is -6.38. The van der Waals surface area contributed by atoms with Gasteiger partial charge in [0.25, 0.3) is 0 Å². The third kappa shape index (κ3) is 4.06. The average molecular weight is 611 g/mol. The van der Waals surface area contributed by atoms with E-state index in [-0.39, 0.29) is 0 Å². The molecular formula is C46H30N2. The number of nitrogens with zero attached hydrogens (tertiary/aromatic N) is 2. The van der Waals surface area contributed by atoms with Crippen molar-refractivity contribution < 1.29 is 0 Å². The zero-order chi connectivity index (χ0) is 31.6. The normalized spacial score (nSPS) is 11.8. The van der Waals surface area contributed by atoms with Gasteiger partial charge >= 0.3 is 0 Å². The Morgan fingerprint density at radius 1 is 0.271 bits per heavy atom. The third-order valence-electron chi connectivity index (χ3n) is 9.90. The summed E-state index contributed by atoms with van der Waals surface area (Å²) < 4.78 is 4.78. The van der Waals surface area contributed by atoms with Crippen LogP contribution in [0.15, 0.2) is 182 Å². The highest BCUT2D eigenvalue weighted by atomic mass is 15.0. The predicted octanol–water partition coefficient (Wildman–Crippen LogP) is 12.4. The zero-order valence-corrected chi connectivity index (χ0v) is 26.2. The molecule has 0 bridgehead atoms. The summed E-state index contributed by atoms with van der Waals surface area (Å²) in [5.74, 6) is 0. The number of hydrogen-bond acceptors (Lipinski definition) is 0. The molecule has 0 spiro atoms. The molecule has 0 aliphatic rings. The highest BCUT2D eigenvalue weighted by molar-refractivity contribution is 6.12. The van der Waals surface area contributed by atoms with Gasteiger partial charge in [-0.25, -0.2) is 0 Å². The fourth-order valence-corrected chi connectivity index (χ4v) is 7.72. The van der Waals surface area contributed by atoms with Crippen LogP contribution in [0.3, 0.4) is 0 Å².